The highest BCUT2D eigenvalue weighted by Gasteiger charge is 2.40. The summed E-state index contributed by atoms with van der Waals surface area (Å²) in [6.07, 6.45) is 5.61. The van der Waals surface area contributed by atoms with Crippen LogP contribution in [0.4, 0.5) is 4.79 Å². The van der Waals surface area contributed by atoms with Gasteiger partial charge in [-0.05, 0) is 39.5 Å². The molecule has 0 aromatic carbocycles. The molecule has 2 atom stereocenters. The van der Waals surface area contributed by atoms with Crippen molar-refractivity contribution in [2.24, 2.45) is 5.92 Å². The Labute approximate surface area is 142 Å². The summed E-state index contributed by atoms with van der Waals surface area (Å²) in [5.41, 5.74) is -0.605. The topological polar surface area (TPSA) is 95.9 Å². The van der Waals surface area contributed by atoms with E-state index in [-0.39, 0.29) is 11.9 Å². The molecule has 1 heterocycles. The Hall–Kier alpha value is -2.05. The Kier molecular flexibility index (Phi) is 5.51. The lowest BCUT2D eigenvalue weighted by Crippen LogP contribution is -2.60. The number of ether oxygens (including phenoxy) is 1. The summed E-state index contributed by atoms with van der Waals surface area (Å²) in [6.45, 7) is 5.83. The zero-order chi connectivity index (χ0) is 17.9. The molecule has 1 saturated heterocycles. The van der Waals surface area contributed by atoms with Crippen LogP contribution in [0.25, 0.3) is 0 Å². The van der Waals surface area contributed by atoms with Gasteiger partial charge in [-0.1, -0.05) is 18.9 Å². The fourth-order valence-corrected chi connectivity index (χ4v) is 2.57. The van der Waals surface area contributed by atoms with Crippen LogP contribution in [0.15, 0.2) is 12.2 Å². The molecule has 0 bridgehead atoms. The van der Waals surface area contributed by atoms with Crippen molar-refractivity contribution in [3.63, 3.8) is 0 Å². The Morgan fingerprint density at radius 3 is 2.42 bits per heavy atom. The molecule has 7 heteroatoms. The first-order valence-electron chi connectivity index (χ1n) is 8.37. The fourth-order valence-electron chi connectivity index (χ4n) is 2.57. The summed E-state index contributed by atoms with van der Waals surface area (Å²) in [6, 6.07) is -0.859. The average molecular weight is 338 g/mol. The summed E-state index contributed by atoms with van der Waals surface area (Å²) in [5, 5.41) is 11.6. The highest BCUT2D eigenvalue weighted by Crippen LogP contribution is 2.34. The molecule has 0 spiro atoms. The van der Waals surface area contributed by atoms with E-state index in [1.807, 2.05) is 0 Å². The lowest BCUT2D eigenvalue weighted by atomic mass is 10.0. The van der Waals surface area contributed by atoms with E-state index >= 15 is 0 Å². The number of nitrogens with zero attached hydrogens (tertiary/aromatic N) is 1. The Morgan fingerprint density at radius 1 is 1.29 bits per heavy atom. The van der Waals surface area contributed by atoms with Gasteiger partial charge >= 0.3 is 12.1 Å². The van der Waals surface area contributed by atoms with E-state index in [9.17, 15) is 14.4 Å². The maximum absolute atomic E-state index is 12.4. The van der Waals surface area contributed by atoms with Gasteiger partial charge in [0, 0.05) is 18.7 Å². The summed E-state index contributed by atoms with van der Waals surface area (Å²) in [5.74, 6) is -0.756. The van der Waals surface area contributed by atoms with E-state index in [1.165, 1.54) is 11.0 Å². The fraction of sp³-hybridized carbons (Fsp3) is 0.706. The zero-order valence-corrected chi connectivity index (χ0v) is 14.4. The van der Waals surface area contributed by atoms with E-state index in [0.29, 0.717) is 18.9 Å². The van der Waals surface area contributed by atoms with E-state index in [0.717, 1.165) is 25.3 Å². The normalized spacial score (nSPS) is 22.0. The maximum Gasteiger partial charge on any atom is 0.410 e. The van der Waals surface area contributed by atoms with Gasteiger partial charge in [-0.3, -0.25) is 9.69 Å². The summed E-state index contributed by atoms with van der Waals surface area (Å²) in [7, 11) is 0. The van der Waals surface area contributed by atoms with Gasteiger partial charge in [0.15, 0.2) is 0 Å². The van der Waals surface area contributed by atoms with Crippen molar-refractivity contribution in [3.8, 4) is 0 Å². The minimum Gasteiger partial charge on any atom is -0.478 e. The van der Waals surface area contributed by atoms with Gasteiger partial charge < -0.3 is 15.2 Å². The number of aliphatic carboxylic acids is 1. The van der Waals surface area contributed by atoms with Crippen LogP contribution in [0.3, 0.4) is 0 Å². The SMILES string of the molecule is CC(C)(C)OC(=O)N1CCC1C(=O)NC(C=CC(=O)O)CC1CC1. The van der Waals surface area contributed by atoms with Gasteiger partial charge in [-0.2, -0.15) is 0 Å². The number of likely N-dealkylation sites (tertiary alicyclic amines) is 1. The molecular formula is C17H26N2O5. The second kappa shape index (κ2) is 7.23. The zero-order valence-electron chi connectivity index (χ0n) is 14.4. The number of hydrogen-bond donors (Lipinski definition) is 2. The lowest BCUT2D eigenvalue weighted by molar-refractivity contribution is -0.132. The molecule has 7 nitrogen and oxygen atoms in total. The van der Waals surface area contributed by atoms with Gasteiger partial charge in [0.05, 0.1) is 0 Å². The van der Waals surface area contributed by atoms with E-state index in [1.54, 1.807) is 20.8 Å². The van der Waals surface area contributed by atoms with Crippen molar-refractivity contribution in [3.05, 3.63) is 12.2 Å². The van der Waals surface area contributed by atoms with Crippen molar-refractivity contribution in [1.29, 1.82) is 0 Å². The molecule has 1 aliphatic heterocycles. The Balaban J connectivity index is 1.91. The monoisotopic (exact) mass is 338 g/mol. The maximum atomic E-state index is 12.4. The standard InChI is InChI=1S/C17H26N2O5/c1-17(2,3)24-16(23)19-9-8-13(19)15(22)18-12(6-7-14(20)21)10-11-4-5-11/h6-7,11-13H,4-5,8-10H2,1-3H3,(H,18,22)(H,20,21). The van der Waals surface area contributed by atoms with E-state index in [4.69, 9.17) is 9.84 Å². The molecule has 2 aliphatic rings. The third kappa shape index (κ3) is 5.54. The van der Waals surface area contributed by atoms with Crippen molar-refractivity contribution in [1.82, 2.24) is 10.2 Å². The second-order valence-corrected chi connectivity index (χ2v) is 7.47. The van der Waals surface area contributed by atoms with Crippen LogP contribution in [0.5, 0.6) is 0 Å². The number of nitrogens with one attached hydrogen (secondary N) is 1. The van der Waals surface area contributed by atoms with Crippen LogP contribution < -0.4 is 5.32 Å². The molecular weight excluding hydrogens is 312 g/mol. The third-order valence-corrected chi connectivity index (χ3v) is 4.03. The van der Waals surface area contributed by atoms with Crippen molar-refractivity contribution in [2.45, 2.75) is 64.1 Å². The number of carbonyl (C=O) groups excluding carboxylic acids is 2. The van der Waals surface area contributed by atoms with Gasteiger partial charge in [-0.25, -0.2) is 9.59 Å². The highest BCUT2D eigenvalue weighted by molar-refractivity contribution is 5.88. The predicted octanol–water partition coefficient (Wildman–Crippen LogP) is 1.92. The molecule has 2 fully saturated rings. The molecule has 0 aromatic heterocycles. The van der Waals surface area contributed by atoms with Crippen molar-refractivity contribution < 1.29 is 24.2 Å². The molecule has 0 aromatic rings. The quantitative estimate of drug-likeness (QED) is 0.721. The van der Waals surface area contributed by atoms with Crippen LogP contribution >= 0.6 is 0 Å². The van der Waals surface area contributed by atoms with Gasteiger partial charge in [0.1, 0.15) is 11.6 Å². The number of hydrogen-bond acceptors (Lipinski definition) is 4. The molecule has 134 valence electrons. The van der Waals surface area contributed by atoms with Gasteiger partial charge in [-0.15, -0.1) is 0 Å². The third-order valence-electron chi connectivity index (χ3n) is 4.03. The van der Waals surface area contributed by atoms with E-state index in [2.05, 4.69) is 5.32 Å². The van der Waals surface area contributed by atoms with Crippen molar-refractivity contribution in [2.75, 3.05) is 6.54 Å². The molecule has 1 aliphatic carbocycles. The number of carboxylic acids is 1. The molecule has 2 rings (SSSR count). The lowest BCUT2D eigenvalue weighted by Gasteiger charge is -2.40. The number of amides is 2. The highest BCUT2D eigenvalue weighted by atomic mass is 16.6. The Bertz CT molecular complexity index is 534. The first kappa shape index (κ1) is 18.3. The van der Waals surface area contributed by atoms with Crippen LogP contribution in [-0.2, 0) is 14.3 Å². The first-order valence-corrected chi connectivity index (χ1v) is 8.37. The molecule has 0 radical (unpaired) electrons. The van der Waals surface area contributed by atoms with Gasteiger partial charge in [0.25, 0.3) is 0 Å². The Morgan fingerprint density at radius 2 is 1.96 bits per heavy atom. The second-order valence-electron chi connectivity index (χ2n) is 7.47. The number of rotatable bonds is 6. The largest absolute Gasteiger partial charge is 0.478 e. The van der Waals surface area contributed by atoms with E-state index < -0.39 is 23.7 Å². The van der Waals surface area contributed by atoms with Gasteiger partial charge in [0.2, 0.25) is 5.91 Å². The number of carboxylic acid groups (broad SMARTS) is 1. The summed E-state index contributed by atoms with van der Waals surface area (Å²) < 4.78 is 5.30. The van der Waals surface area contributed by atoms with Crippen LogP contribution in [0.2, 0.25) is 0 Å². The van der Waals surface area contributed by atoms with Crippen LogP contribution in [0.1, 0.15) is 46.5 Å². The summed E-state index contributed by atoms with van der Waals surface area (Å²) in [4.78, 5) is 36.6. The minimum atomic E-state index is -1.04. The average Bonchev–Trinajstić information content (AvgIpc) is 3.15. The smallest absolute Gasteiger partial charge is 0.410 e. The summed E-state index contributed by atoms with van der Waals surface area (Å²) >= 11 is 0. The molecule has 2 unspecified atom stereocenters. The molecule has 2 N–H and O–H groups in total. The first-order chi connectivity index (χ1) is 11.2. The molecule has 1 saturated carbocycles. The van der Waals surface area contributed by atoms with Crippen LogP contribution in [-0.4, -0.2) is 52.2 Å². The van der Waals surface area contributed by atoms with Crippen LogP contribution in [0, 0.1) is 5.92 Å². The number of carbonyl (C=O) groups is 3. The molecule has 2 amide bonds. The van der Waals surface area contributed by atoms with Crippen molar-refractivity contribution >= 4 is 18.0 Å². The predicted molar refractivity (Wildman–Crippen MR) is 87.4 cm³/mol. The molecule has 24 heavy (non-hydrogen) atoms. The minimum absolute atomic E-state index is 0.257.